The fourth-order valence-electron chi connectivity index (χ4n) is 8.64. The number of hydrogen-bond donors (Lipinski definition) is 16. The maximum Gasteiger partial charge on any atom is 0.370 e. The van der Waals surface area contributed by atoms with Gasteiger partial charge in [-0.25, -0.2) is 9.59 Å². The normalized spacial score (nSPS) is 19.5. The Hall–Kier alpha value is -8.04. The SMILES string of the molecule is C#CCOCCOCCOCCOCCC(=O)N(Cc1cn(CCNC(=O)CO[C@@H]([C@@H]2OC(C(=O)O)=C[C@H](NC(=N)N)[C@H]2NC(C)=O)[C@H](O)CO)nn1)Cc1cn(CCNC(=O)CO[C@@H]([C@@H]2OC(C(=O)O)=C[C@H](NC(N)N)[C@H]2NC(C)=O)[C@H](O)CO)nn1. The van der Waals surface area contributed by atoms with Crippen LogP contribution in [0, 0.1) is 17.8 Å². The van der Waals surface area contributed by atoms with Crippen molar-refractivity contribution in [3.05, 3.63) is 47.5 Å². The van der Waals surface area contributed by atoms with E-state index in [1.807, 2.05) is 0 Å². The van der Waals surface area contributed by atoms with Gasteiger partial charge >= 0.3 is 11.9 Å². The smallest absolute Gasteiger partial charge is 0.370 e. The fourth-order valence-corrected chi connectivity index (χ4v) is 8.64. The molecule has 2 aliphatic heterocycles. The Balaban J connectivity index is 1.37. The van der Waals surface area contributed by atoms with Gasteiger partial charge in [-0.1, -0.05) is 16.3 Å². The highest BCUT2D eigenvalue weighted by Crippen LogP contribution is 2.27. The Morgan fingerprint density at radius 1 is 0.705 bits per heavy atom. The van der Waals surface area contributed by atoms with Gasteiger partial charge in [0, 0.05) is 26.9 Å². The Morgan fingerprint density at radius 2 is 1.14 bits per heavy atom. The average molecular weight is 1250 g/mol. The Bertz CT molecular complexity index is 2690. The molecule has 5 amide bonds. The van der Waals surface area contributed by atoms with Crippen molar-refractivity contribution in [2.45, 2.75) is 114 Å². The van der Waals surface area contributed by atoms with Crippen LogP contribution in [0.3, 0.4) is 0 Å². The Labute approximate surface area is 503 Å². The van der Waals surface area contributed by atoms with Crippen molar-refractivity contribution in [2.75, 3.05) is 92.4 Å². The summed E-state index contributed by atoms with van der Waals surface area (Å²) < 4.78 is 47.0. The number of carboxylic acids is 2. The molecule has 2 aromatic rings. The van der Waals surface area contributed by atoms with E-state index in [9.17, 15) is 64.2 Å². The first-order valence-electron chi connectivity index (χ1n) is 27.3. The summed E-state index contributed by atoms with van der Waals surface area (Å²) in [7, 11) is 0. The van der Waals surface area contributed by atoms with Gasteiger partial charge in [0.15, 0.2) is 12.1 Å². The molecule has 0 aliphatic carbocycles. The van der Waals surface area contributed by atoms with E-state index in [1.54, 1.807) is 0 Å². The summed E-state index contributed by atoms with van der Waals surface area (Å²) in [4.78, 5) is 89.7. The molecule has 2 aliphatic rings. The highest BCUT2D eigenvalue weighted by Gasteiger charge is 2.47. The van der Waals surface area contributed by atoms with Gasteiger partial charge in [0.25, 0.3) is 0 Å². The molecule has 0 bridgehead atoms. The van der Waals surface area contributed by atoms with E-state index in [0.717, 1.165) is 19.1 Å². The minimum absolute atomic E-state index is 0.0135. The first-order valence-corrected chi connectivity index (χ1v) is 27.3. The van der Waals surface area contributed by atoms with E-state index >= 15 is 0 Å². The summed E-state index contributed by atoms with van der Waals surface area (Å²) in [5.41, 5.74) is 17.5. The van der Waals surface area contributed by atoms with E-state index in [0.29, 0.717) is 37.8 Å². The minimum atomic E-state index is -1.76. The lowest BCUT2D eigenvalue weighted by molar-refractivity contribution is -0.159. The summed E-state index contributed by atoms with van der Waals surface area (Å²) in [6.45, 7) is 0.688. The largest absolute Gasteiger partial charge is 0.478 e. The van der Waals surface area contributed by atoms with E-state index < -0.39 is 147 Å². The number of nitrogens with one attached hydrogen (secondary N) is 7. The molecule has 38 nitrogen and oxygen atoms in total. The average Bonchev–Trinajstić information content (AvgIpc) is 1.41. The molecule has 0 aromatic carbocycles. The molecule has 0 fully saturated rings. The number of carbonyl (C=O) groups is 7. The van der Waals surface area contributed by atoms with Gasteiger partial charge < -0.3 is 117 Å². The third-order valence-corrected chi connectivity index (χ3v) is 12.5. The van der Waals surface area contributed by atoms with E-state index in [2.05, 4.69) is 58.4 Å². The lowest BCUT2D eigenvalue weighted by atomic mass is 9.91. The zero-order valence-electron chi connectivity index (χ0n) is 48.3. The van der Waals surface area contributed by atoms with E-state index in [1.165, 1.54) is 33.6 Å². The van der Waals surface area contributed by atoms with Crippen LogP contribution in [0.5, 0.6) is 0 Å². The van der Waals surface area contributed by atoms with Gasteiger partial charge in [-0.15, -0.1) is 16.6 Å². The second-order valence-electron chi connectivity index (χ2n) is 19.4. The number of aliphatic carboxylic acids is 2. The van der Waals surface area contributed by atoms with Crippen molar-refractivity contribution in [2.24, 2.45) is 17.2 Å². The van der Waals surface area contributed by atoms with E-state index in [-0.39, 0.29) is 78.0 Å². The number of carbonyl (C=O) groups excluding carboxylic acids is 5. The Kier molecular flexibility index (Phi) is 31.5. The first kappa shape index (κ1) is 72.4. The maximum absolute atomic E-state index is 13.8. The third kappa shape index (κ3) is 25.4. The minimum Gasteiger partial charge on any atom is -0.478 e. The molecular formula is C50H79N17O21. The second-order valence-corrected chi connectivity index (χ2v) is 19.4. The molecule has 0 saturated heterocycles. The molecule has 88 heavy (non-hydrogen) atoms. The van der Waals surface area contributed by atoms with Gasteiger partial charge in [0.2, 0.25) is 41.1 Å². The number of guanidine groups is 1. The lowest BCUT2D eigenvalue weighted by Gasteiger charge is -2.42. The van der Waals surface area contributed by atoms with Crippen LogP contribution in [-0.2, 0) is 97.6 Å². The van der Waals surface area contributed by atoms with Crippen LogP contribution in [0.25, 0.3) is 0 Å². The van der Waals surface area contributed by atoms with Crippen LogP contribution in [0.1, 0.15) is 31.7 Å². The zero-order valence-corrected chi connectivity index (χ0v) is 48.3. The van der Waals surface area contributed by atoms with Crippen molar-refractivity contribution < 1.29 is 102 Å². The molecule has 0 spiro atoms. The molecule has 38 heteroatoms. The number of nitrogens with two attached hydrogens (primary N) is 3. The van der Waals surface area contributed by atoms with Crippen molar-refractivity contribution in [3.63, 3.8) is 0 Å². The second kappa shape index (κ2) is 38.3. The number of aromatic nitrogens is 6. The molecule has 19 N–H and O–H groups in total. The van der Waals surface area contributed by atoms with Gasteiger partial charge in [0.05, 0.1) is 129 Å². The molecule has 0 radical (unpaired) electrons. The summed E-state index contributed by atoms with van der Waals surface area (Å²) in [6, 6.07) is -4.62. The third-order valence-electron chi connectivity index (χ3n) is 12.5. The van der Waals surface area contributed by atoms with Crippen LogP contribution in [0.15, 0.2) is 36.1 Å². The molecule has 2 aromatic heterocycles. The molecule has 0 unspecified atom stereocenters. The molecule has 0 saturated carbocycles. The number of nitrogens with zero attached hydrogens (tertiary/aromatic N) is 7. The first-order chi connectivity index (χ1) is 42.0. The van der Waals surface area contributed by atoms with Crippen LogP contribution in [-0.4, -0.2) is 272 Å². The summed E-state index contributed by atoms with van der Waals surface area (Å²) >= 11 is 0. The summed E-state index contributed by atoms with van der Waals surface area (Å²) in [5.74, 6) is -5.61. The number of terminal acetylenes is 1. The molecule has 4 heterocycles. The molecule has 490 valence electrons. The monoisotopic (exact) mass is 1250 g/mol. The van der Waals surface area contributed by atoms with Gasteiger partial charge in [-0.2, -0.15) is 0 Å². The summed E-state index contributed by atoms with van der Waals surface area (Å²) in [5, 5.41) is 101. The zero-order chi connectivity index (χ0) is 64.7. The fraction of sp³-hybridized carbons (Fsp3) is 0.640. The number of amides is 5. The maximum atomic E-state index is 13.8. The standard InChI is InChI=1S/C50H79N17O21/c1-4-10-81-12-14-83-16-17-84-15-13-82-11-5-40(76)65(20-30-22-66(63-61-30)8-6-55-38(74)26-85-43(34(72)24-68)45-41(57-28(2)70)32(59-49(51)52)18-36(87-45)47(77)78)21-31-23-67(64-62-31)9-7-56-39(75)27-86-44(35(73)25-69)46-42(58-29(3)71)33(60-50(53)54)19-37(88-46)48(79)80/h1,18-19,22-23,32-35,41-46,49,59,68-69,72-73H,5-17,20-21,24-27,51-52H2,2-3H3,(H,55,74)(H,56,75)(H,57,70)(H,58,71)(H,77,78)(H,79,80)(H4,53,54,60)/t32-,33-,34+,35+,41+,42+,43+,44+,45+,46+/m0/s1. The lowest BCUT2D eigenvalue weighted by Crippen LogP contribution is -2.66. The number of rotatable bonds is 42. The van der Waals surface area contributed by atoms with Gasteiger partial charge in [0.1, 0.15) is 68.0 Å². The highest BCUT2D eigenvalue weighted by molar-refractivity contribution is 5.86. The highest BCUT2D eigenvalue weighted by atomic mass is 16.6. The van der Waals surface area contributed by atoms with E-state index in [4.69, 9.17) is 66.9 Å². The number of aliphatic hydroxyl groups is 4. The Morgan fingerprint density at radius 3 is 1.55 bits per heavy atom. The van der Waals surface area contributed by atoms with Crippen LogP contribution < -0.4 is 49.1 Å². The number of ether oxygens (including phenoxy) is 8. The van der Waals surface area contributed by atoms with Crippen molar-refractivity contribution in [1.29, 1.82) is 5.41 Å². The van der Waals surface area contributed by atoms with Gasteiger partial charge in [-0.3, -0.25) is 44.1 Å². The molecule has 10 atom stereocenters. The van der Waals surface area contributed by atoms with Crippen molar-refractivity contribution in [3.8, 4) is 12.3 Å². The quantitative estimate of drug-likeness (QED) is 0.00965. The predicted molar refractivity (Wildman–Crippen MR) is 297 cm³/mol. The van der Waals surface area contributed by atoms with Crippen molar-refractivity contribution in [1.82, 2.24) is 66.8 Å². The topological polar surface area (TPSA) is 553 Å². The molecule has 4 rings (SSSR count). The van der Waals surface area contributed by atoms with Crippen molar-refractivity contribution >= 4 is 47.4 Å². The number of aliphatic hydroxyl groups excluding tert-OH is 4. The number of carboxylic acid groups (broad SMARTS) is 2. The van der Waals surface area contributed by atoms with Crippen LogP contribution in [0.4, 0.5) is 0 Å². The predicted octanol–water partition coefficient (Wildman–Crippen LogP) is -9.05. The number of hydrogen-bond acceptors (Lipinski definition) is 27. The van der Waals surface area contributed by atoms with Gasteiger partial charge in [-0.05, 0) is 12.2 Å². The summed E-state index contributed by atoms with van der Waals surface area (Å²) in [6.07, 6.45) is -0.661. The molecular weight excluding hydrogens is 1170 g/mol. The van der Waals surface area contributed by atoms with Crippen LogP contribution >= 0.6 is 0 Å². The van der Waals surface area contributed by atoms with Crippen LogP contribution in [0.2, 0.25) is 0 Å².